The Balaban J connectivity index is 2.30. The SMILES string of the molecule is Cc1cc2nc(-c3ccccc3)n(C)c2cc1C. The van der Waals surface area contributed by atoms with Crippen molar-refractivity contribution in [2.24, 2.45) is 7.05 Å². The van der Waals surface area contributed by atoms with Gasteiger partial charge in [0.1, 0.15) is 5.82 Å². The lowest BCUT2D eigenvalue weighted by Gasteiger charge is -2.03. The van der Waals surface area contributed by atoms with Crippen LogP contribution >= 0.6 is 0 Å². The summed E-state index contributed by atoms with van der Waals surface area (Å²) >= 11 is 0. The van der Waals surface area contributed by atoms with Crippen molar-refractivity contribution in [1.29, 1.82) is 0 Å². The molecular formula is C16H16N2. The fourth-order valence-corrected chi connectivity index (χ4v) is 2.29. The minimum Gasteiger partial charge on any atom is -0.327 e. The molecule has 0 aliphatic heterocycles. The molecule has 0 unspecified atom stereocenters. The van der Waals surface area contributed by atoms with Crippen molar-refractivity contribution in [3.63, 3.8) is 0 Å². The van der Waals surface area contributed by atoms with Crippen LogP contribution in [0.4, 0.5) is 0 Å². The first-order chi connectivity index (χ1) is 8.66. The van der Waals surface area contributed by atoms with Gasteiger partial charge in [0.2, 0.25) is 0 Å². The number of hydrogen-bond donors (Lipinski definition) is 0. The molecule has 0 bridgehead atoms. The van der Waals surface area contributed by atoms with Crippen molar-refractivity contribution in [3.05, 3.63) is 53.6 Å². The van der Waals surface area contributed by atoms with Gasteiger partial charge in [-0.25, -0.2) is 4.98 Å². The zero-order chi connectivity index (χ0) is 12.7. The van der Waals surface area contributed by atoms with E-state index in [0.717, 1.165) is 16.9 Å². The first kappa shape index (κ1) is 11.0. The van der Waals surface area contributed by atoms with Gasteiger partial charge < -0.3 is 4.57 Å². The minimum absolute atomic E-state index is 1.02. The van der Waals surface area contributed by atoms with Crippen molar-refractivity contribution in [3.8, 4) is 11.4 Å². The van der Waals surface area contributed by atoms with E-state index < -0.39 is 0 Å². The zero-order valence-electron chi connectivity index (χ0n) is 10.9. The number of benzene rings is 2. The van der Waals surface area contributed by atoms with Gasteiger partial charge in [-0.2, -0.15) is 0 Å². The average molecular weight is 236 g/mol. The molecule has 1 heterocycles. The van der Waals surface area contributed by atoms with E-state index in [1.54, 1.807) is 0 Å². The second kappa shape index (κ2) is 3.98. The number of fused-ring (bicyclic) bond motifs is 1. The highest BCUT2D eigenvalue weighted by molar-refractivity contribution is 5.82. The Kier molecular flexibility index (Phi) is 2.44. The maximum Gasteiger partial charge on any atom is 0.140 e. The molecule has 3 rings (SSSR count). The van der Waals surface area contributed by atoms with Gasteiger partial charge in [0.25, 0.3) is 0 Å². The number of aromatic nitrogens is 2. The van der Waals surface area contributed by atoms with Gasteiger partial charge in [-0.3, -0.25) is 0 Å². The third kappa shape index (κ3) is 1.61. The predicted molar refractivity (Wildman–Crippen MR) is 75.6 cm³/mol. The molecule has 0 saturated carbocycles. The fourth-order valence-electron chi connectivity index (χ4n) is 2.29. The van der Waals surface area contributed by atoms with E-state index in [1.165, 1.54) is 16.6 Å². The molecular weight excluding hydrogens is 220 g/mol. The van der Waals surface area contributed by atoms with Crippen LogP contribution in [0.5, 0.6) is 0 Å². The fraction of sp³-hybridized carbons (Fsp3) is 0.188. The second-order valence-corrected chi connectivity index (χ2v) is 4.79. The van der Waals surface area contributed by atoms with Gasteiger partial charge in [-0.15, -0.1) is 0 Å². The molecule has 3 aromatic rings. The molecule has 0 N–H and O–H groups in total. The summed E-state index contributed by atoms with van der Waals surface area (Å²) in [5.41, 5.74) is 6.02. The average Bonchev–Trinajstić information content (AvgIpc) is 2.69. The topological polar surface area (TPSA) is 17.8 Å². The number of rotatable bonds is 1. The van der Waals surface area contributed by atoms with Crippen LogP contribution in [0.25, 0.3) is 22.4 Å². The first-order valence-corrected chi connectivity index (χ1v) is 6.16. The molecule has 0 atom stereocenters. The Bertz CT molecular complexity index is 709. The van der Waals surface area contributed by atoms with Gasteiger partial charge in [-0.1, -0.05) is 30.3 Å². The number of nitrogens with zero attached hydrogens (tertiary/aromatic N) is 2. The van der Waals surface area contributed by atoms with Crippen LogP contribution in [0.15, 0.2) is 42.5 Å². The maximum absolute atomic E-state index is 4.75. The van der Waals surface area contributed by atoms with Crippen molar-refractivity contribution >= 4 is 11.0 Å². The molecule has 90 valence electrons. The standard InChI is InChI=1S/C16H16N2/c1-11-9-14-15(10-12(11)2)18(3)16(17-14)13-7-5-4-6-8-13/h4-10H,1-3H3. The van der Waals surface area contributed by atoms with Gasteiger partial charge in [-0.05, 0) is 37.1 Å². The molecule has 0 aliphatic rings. The molecule has 0 radical (unpaired) electrons. The highest BCUT2D eigenvalue weighted by atomic mass is 15.1. The smallest absolute Gasteiger partial charge is 0.140 e. The summed E-state index contributed by atoms with van der Waals surface area (Å²) in [7, 11) is 2.08. The zero-order valence-corrected chi connectivity index (χ0v) is 10.9. The predicted octanol–water partition coefficient (Wildman–Crippen LogP) is 3.86. The third-order valence-electron chi connectivity index (χ3n) is 3.53. The Morgan fingerprint density at radius 3 is 2.33 bits per heavy atom. The van der Waals surface area contributed by atoms with Gasteiger partial charge in [0.15, 0.2) is 0 Å². The van der Waals surface area contributed by atoms with Crippen LogP contribution in [-0.2, 0) is 7.05 Å². The lowest BCUT2D eigenvalue weighted by Crippen LogP contribution is -1.92. The summed E-state index contributed by atoms with van der Waals surface area (Å²) in [6.07, 6.45) is 0. The lowest BCUT2D eigenvalue weighted by atomic mass is 10.1. The van der Waals surface area contributed by atoms with E-state index in [0.29, 0.717) is 0 Å². The number of hydrogen-bond acceptors (Lipinski definition) is 1. The van der Waals surface area contributed by atoms with Crippen LogP contribution in [0.1, 0.15) is 11.1 Å². The second-order valence-electron chi connectivity index (χ2n) is 4.79. The highest BCUT2D eigenvalue weighted by Gasteiger charge is 2.10. The third-order valence-corrected chi connectivity index (χ3v) is 3.53. The summed E-state index contributed by atoms with van der Waals surface area (Å²) < 4.78 is 2.16. The molecule has 2 heteroatoms. The number of imidazole rings is 1. The van der Waals surface area contributed by atoms with Gasteiger partial charge in [0, 0.05) is 12.6 Å². The molecule has 1 aromatic heterocycles. The largest absolute Gasteiger partial charge is 0.327 e. The van der Waals surface area contributed by atoms with E-state index in [-0.39, 0.29) is 0 Å². The molecule has 0 amide bonds. The van der Waals surface area contributed by atoms with E-state index in [2.05, 4.69) is 49.7 Å². The van der Waals surface area contributed by atoms with E-state index >= 15 is 0 Å². The van der Waals surface area contributed by atoms with Crippen molar-refractivity contribution in [2.75, 3.05) is 0 Å². The van der Waals surface area contributed by atoms with Gasteiger partial charge >= 0.3 is 0 Å². The minimum atomic E-state index is 1.02. The summed E-state index contributed by atoms with van der Waals surface area (Å²) in [5.74, 6) is 1.02. The molecule has 0 aliphatic carbocycles. The molecule has 0 spiro atoms. The van der Waals surface area contributed by atoms with Crippen molar-refractivity contribution in [2.45, 2.75) is 13.8 Å². The molecule has 2 nitrogen and oxygen atoms in total. The highest BCUT2D eigenvalue weighted by Crippen LogP contribution is 2.25. The van der Waals surface area contributed by atoms with Crippen LogP contribution in [0.3, 0.4) is 0 Å². The summed E-state index contributed by atoms with van der Waals surface area (Å²) in [6.45, 7) is 4.27. The van der Waals surface area contributed by atoms with Crippen LogP contribution in [-0.4, -0.2) is 9.55 Å². The first-order valence-electron chi connectivity index (χ1n) is 6.16. The van der Waals surface area contributed by atoms with Crippen LogP contribution < -0.4 is 0 Å². The molecule has 0 fully saturated rings. The molecule has 18 heavy (non-hydrogen) atoms. The summed E-state index contributed by atoms with van der Waals surface area (Å²) in [4.78, 5) is 4.75. The Morgan fingerprint density at radius 2 is 1.61 bits per heavy atom. The van der Waals surface area contributed by atoms with Gasteiger partial charge in [0.05, 0.1) is 11.0 Å². The van der Waals surface area contributed by atoms with E-state index in [9.17, 15) is 0 Å². The Hall–Kier alpha value is -2.09. The quantitative estimate of drug-likeness (QED) is 0.627. The van der Waals surface area contributed by atoms with E-state index in [1.807, 2.05) is 18.2 Å². The van der Waals surface area contributed by atoms with Crippen LogP contribution in [0.2, 0.25) is 0 Å². The van der Waals surface area contributed by atoms with E-state index in [4.69, 9.17) is 4.98 Å². The Morgan fingerprint density at radius 1 is 0.944 bits per heavy atom. The van der Waals surface area contributed by atoms with Crippen molar-refractivity contribution in [1.82, 2.24) is 9.55 Å². The lowest BCUT2D eigenvalue weighted by molar-refractivity contribution is 0.958. The van der Waals surface area contributed by atoms with Crippen molar-refractivity contribution < 1.29 is 0 Å². The summed E-state index contributed by atoms with van der Waals surface area (Å²) in [6, 6.07) is 14.7. The summed E-state index contributed by atoms with van der Waals surface area (Å²) in [5, 5.41) is 0. The number of aryl methyl sites for hydroxylation is 3. The van der Waals surface area contributed by atoms with Crippen LogP contribution in [0, 0.1) is 13.8 Å². The Labute approximate surface area is 107 Å². The molecule has 2 aromatic carbocycles. The maximum atomic E-state index is 4.75. The monoisotopic (exact) mass is 236 g/mol. The molecule has 0 saturated heterocycles. The normalized spacial score (nSPS) is 11.1.